The Morgan fingerprint density at radius 3 is 2.95 bits per heavy atom. The normalized spacial score (nSPS) is 19.9. The van der Waals surface area contributed by atoms with Gasteiger partial charge in [0.15, 0.2) is 5.82 Å². The van der Waals surface area contributed by atoms with Crippen molar-refractivity contribution in [2.45, 2.75) is 32.4 Å². The van der Waals surface area contributed by atoms with E-state index >= 15 is 0 Å². The molecule has 2 saturated heterocycles. The first kappa shape index (κ1) is 13.4. The van der Waals surface area contributed by atoms with E-state index in [1.807, 2.05) is 22.7 Å². The number of carbonyl (C=O) groups is 1. The first-order valence-corrected chi connectivity index (χ1v) is 7.55. The van der Waals surface area contributed by atoms with Gasteiger partial charge in [-0.25, -0.2) is 0 Å². The maximum atomic E-state index is 11.8. The molecule has 0 unspecified atom stereocenters. The van der Waals surface area contributed by atoms with Crippen molar-refractivity contribution in [2.75, 3.05) is 24.5 Å². The highest BCUT2D eigenvalue weighted by Gasteiger charge is 2.31. The van der Waals surface area contributed by atoms with Gasteiger partial charge in [0, 0.05) is 32.3 Å². The Hall–Kier alpha value is -2.22. The second-order valence-electron chi connectivity index (χ2n) is 5.91. The van der Waals surface area contributed by atoms with Gasteiger partial charge in [0.25, 0.3) is 0 Å². The summed E-state index contributed by atoms with van der Waals surface area (Å²) < 4.78 is 7.08. The predicted molar refractivity (Wildman–Crippen MR) is 77.2 cm³/mol. The zero-order valence-corrected chi connectivity index (χ0v) is 12.5. The maximum absolute atomic E-state index is 11.8. The van der Waals surface area contributed by atoms with Gasteiger partial charge in [-0.15, -0.1) is 0 Å². The fourth-order valence-corrected chi connectivity index (χ4v) is 3.02. The zero-order valence-electron chi connectivity index (χ0n) is 12.5. The summed E-state index contributed by atoms with van der Waals surface area (Å²) in [5.74, 6) is 1.51. The molecule has 22 heavy (non-hydrogen) atoms. The molecule has 2 aliphatic rings. The lowest BCUT2D eigenvalue weighted by atomic mass is 10.1. The number of nitrogens with zero attached hydrogens (tertiary/aromatic N) is 6. The maximum Gasteiger partial charge on any atom is 0.240 e. The van der Waals surface area contributed by atoms with E-state index in [4.69, 9.17) is 4.52 Å². The first-order chi connectivity index (χ1) is 10.7. The molecular weight excluding hydrogens is 284 g/mol. The lowest BCUT2D eigenvalue weighted by Gasteiger charge is -2.38. The Bertz CT molecular complexity index is 687. The molecule has 0 saturated carbocycles. The summed E-state index contributed by atoms with van der Waals surface area (Å²) in [6.07, 6.45) is 5.34. The third kappa shape index (κ3) is 2.39. The van der Waals surface area contributed by atoms with Crippen LogP contribution in [0.25, 0.3) is 0 Å². The van der Waals surface area contributed by atoms with Crippen molar-refractivity contribution in [3.8, 4) is 0 Å². The van der Waals surface area contributed by atoms with E-state index < -0.39 is 0 Å². The largest absolute Gasteiger partial charge is 0.338 e. The van der Waals surface area contributed by atoms with Crippen molar-refractivity contribution in [1.29, 1.82) is 0 Å². The van der Waals surface area contributed by atoms with E-state index in [-0.39, 0.29) is 5.91 Å². The van der Waals surface area contributed by atoms with Crippen LogP contribution in [-0.2, 0) is 11.3 Å². The fourth-order valence-electron chi connectivity index (χ4n) is 3.02. The number of aryl methyl sites for hydroxylation is 1. The number of aromatic nitrogens is 4. The zero-order chi connectivity index (χ0) is 15.1. The van der Waals surface area contributed by atoms with Crippen LogP contribution in [0, 0.1) is 6.92 Å². The molecule has 0 N–H and O–H groups in total. The lowest BCUT2D eigenvalue weighted by Crippen LogP contribution is -2.47. The summed E-state index contributed by atoms with van der Waals surface area (Å²) in [6, 6.07) is 0.343. The Labute approximate surface area is 127 Å². The number of hydrogen-bond donors (Lipinski definition) is 0. The highest BCUT2D eigenvalue weighted by atomic mass is 16.5. The molecule has 2 aliphatic heterocycles. The minimum absolute atomic E-state index is 0.196. The van der Waals surface area contributed by atoms with E-state index in [9.17, 15) is 4.79 Å². The minimum atomic E-state index is 0.196. The first-order valence-electron chi connectivity index (χ1n) is 7.55. The standard InChI is InChI=1S/C14H18N6O2/c1-10-16-13(22-17-10)9-18-6-12(7-18)20-8-11(5-15-20)19-4-2-3-14(19)21/h5,8,12H,2-4,6-7,9H2,1H3. The van der Waals surface area contributed by atoms with E-state index in [2.05, 4.69) is 20.1 Å². The Morgan fingerprint density at radius 2 is 2.27 bits per heavy atom. The van der Waals surface area contributed by atoms with Gasteiger partial charge in [0.1, 0.15) is 0 Å². The molecule has 0 aliphatic carbocycles. The summed E-state index contributed by atoms with van der Waals surface area (Å²) in [7, 11) is 0. The van der Waals surface area contributed by atoms with Crippen LogP contribution in [0.5, 0.6) is 0 Å². The number of amides is 1. The molecule has 2 fully saturated rings. The van der Waals surface area contributed by atoms with Crippen molar-refractivity contribution in [3.63, 3.8) is 0 Å². The molecule has 4 heterocycles. The monoisotopic (exact) mass is 302 g/mol. The molecule has 2 aromatic rings. The van der Waals surface area contributed by atoms with Gasteiger partial charge in [-0.05, 0) is 13.3 Å². The van der Waals surface area contributed by atoms with Crippen molar-refractivity contribution < 1.29 is 9.32 Å². The van der Waals surface area contributed by atoms with Gasteiger partial charge < -0.3 is 9.42 Å². The van der Waals surface area contributed by atoms with Crippen molar-refractivity contribution in [1.82, 2.24) is 24.8 Å². The number of carbonyl (C=O) groups excluding carboxylic acids is 1. The Morgan fingerprint density at radius 1 is 1.41 bits per heavy atom. The number of likely N-dealkylation sites (tertiary alicyclic amines) is 1. The average Bonchev–Trinajstić information content (AvgIpc) is 3.14. The van der Waals surface area contributed by atoms with Gasteiger partial charge in [0.05, 0.1) is 24.5 Å². The van der Waals surface area contributed by atoms with Gasteiger partial charge in [0.2, 0.25) is 11.8 Å². The van der Waals surface area contributed by atoms with Crippen molar-refractivity contribution in [3.05, 3.63) is 24.1 Å². The van der Waals surface area contributed by atoms with Gasteiger partial charge >= 0.3 is 0 Å². The van der Waals surface area contributed by atoms with Crippen molar-refractivity contribution >= 4 is 11.6 Å². The molecule has 8 nitrogen and oxygen atoms in total. The Kier molecular flexibility index (Phi) is 3.18. The number of rotatable bonds is 4. The smallest absolute Gasteiger partial charge is 0.240 e. The molecule has 0 bridgehead atoms. The summed E-state index contributed by atoms with van der Waals surface area (Å²) in [5.41, 5.74) is 0.911. The van der Waals surface area contributed by atoms with Gasteiger partial charge in [-0.1, -0.05) is 5.16 Å². The van der Waals surface area contributed by atoms with Crippen LogP contribution in [-0.4, -0.2) is 50.4 Å². The van der Waals surface area contributed by atoms with Crippen LogP contribution < -0.4 is 4.90 Å². The van der Waals surface area contributed by atoms with E-state index in [1.54, 1.807) is 6.20 Å². The second kappa shape index (κ2) is 5.20. The predicted octanol–water partition coefficient (Wildman–Crippen LogP) is 0.758. The van der Waals surface area contributed by atoms with E-state index in [0.717, 1.165) is 31.7 Å². The van der Waals surface area contributed by atoms with Crippen LogP contribution in [0.3, 0.4) is 0 Å². The third-order valence-corrected chi connectivity index (χ3v) is 4.21. The van der Waals surface area contributed by atoms with Crippen LogP contribution in [0.2, 0.25) is 0 Å². The molecule has 0 atom stereocenters. The van der Waals surface area contributed by atoms with Crippen LogP contribution in [0.15, 0.2) is 16.9 Å². The topological polar surface area (TPSA) is 80.3 Å². The second-order valence-corrected chi connectivity index (χ2v) is 5.91. The molecule has 0 radical (unpaired) electrons. The summed E-state index contributed by atoms with van der Waals surface area (Å²) >= 11 is 0. The Balaban J connectivity index is 1.35. The average molecular weight is 302 g/mol. The quantitative estimate of drug-likeness (QED) is 0.829. The van der Waals surface area contributed by atoms with Crippen LogP contribution >= 0.6 is 0 Å². The van der Waals surface area contributed by atoms with Crippen molar-refractivity contribution in [2.24, 2.45) is 0 Å². The summed E-state index contributed by atoms with van der Waals surface area (Å²) in [4.78, 5) is 20.0. The SMILES string of the molecule is Cc1noc(CN2CC(n3cc(N4CCCC4=O)cn3)C2)n1. The fraction of sp³-hybridized carbons (Fsp3) is 0.571. The van der Waals surface area contributed by atoms with E-state index in [0.29, 0.717) is 30.7 Å². The molecule has 116 valence electrons. The van der Waals surface area contributed by atoms with Gasteiger partial charge in [-0.3, -0.25) is 14.4 Å². The number of anilines is 1. The highest BCUT2D eigenvalue weighted by Crippen LogP contribution is 2.26. The molecule has 4 rings (SSSR count). The molecule has 0 spiro atoms. The number of hydrogen-bond acceptors (Lipinski definition) is 6. The summed E-state index contributed by atoms with van der Waals surface area (Å²) in [5, 5.41) is 8.20. The molecule has 8 heteroatoms. The molecular formula is C14H18N6O2. The minimum Gasteiger partial charge on any atom is -0.338 e. The molecule has 0 aromatic carbocycles. The van der Waals surface area contributed by atoms with Crippen LogP contribution in [0.4, 0.5) is 5.69 Å². The van der Waals surface area contributed by atoms with E-state index in [1.165, 1.54) is 0 Å². The van der Waals surface area contributed by atoms with Gasteiger partial charge in [-0.2, -0.15) is 10.1 Å². The lowest BCUT2D eigenvalue weighted by molar-refractivity contribution is -0.117. The highest BCUT2D eigenvalue weighted by molar-refractivity contribution is 5.95. The molecule has 1 amide bonds. The third-order valence-electron chi connectivity index (χ3n) is 4.21. The van der Waals surface area contributed by atoms with Crippen LogP contribution in [0.1, 0.15) is 30.6 Å². The summed E-state index contributed by atoms with van der Waals surface area (Å²) in [6.45, 7) is 5.09. The molecule has 2 aromatic heterocycles.